The van der Waals surface area contributed by atoms with Gasteiger partial charge in [-0.3, -0.25) is 9.80 Å². The van der Waals surface area contributed by atoms with Crippen molar-refractivity contribution in [3.05, 3.63) is 107 Å². The molecule has 47 heavy (non-hydrogen) atoms. The Morgan fingerprint density at radius 2 is 1.23 bits per heavy atom. The number of urea groups is 2. The fourth-order valence-electron chi connectivity index (χ4n) is 4.78. The van der Waals surface area contributed by atoms with E-state index in [4.69, 9.17) is 11.6 Å². The average Bonchev–Trinajstić information content (AvgIpc) is 3.41. The van der Waals surface area contributed by atoms with E-state index in [0.717, 1.165) is 11.1 Å². The molecular weight excluding hydrogens is 612 g/mol. The molecule has 11 heteroatoms. The summed E-state index contributed by atoms with van der Waals surface area (Å²) in [4.78, 5) is 39.9. The van der Waals surface area contributed by atoms with Crippen LogP contribution in [0.15, 0.2) is 79.1 Å². The van der Waals surface area contributed by atoms with Crippen LogP contribution in [0.1, 0.15) is 50.2 Å². The van der Waals surface area contributed by atoms with Gasteiger partial charge < -0.3 is 9.80 Å². The smallest absolute Gasteiger partial charge is 0.320 e. The van der Waals surface area contributed by atoms with Gasteiger partial charge in [0.1, 0.15) is 11.4 Å². The number of nitrogens with zero attached hydrogens (tertiary/aromatic N) is 8. The van der Waals surface area contributed by atoms with Crippen molar-refractivity contribution < 1.29 is 9.59 Å². The molecular formula is C36H35ClN8O2. The van der Waals surface area contributed by atoms with E-state index >= 15 is 0 Å². The average molecular weight is 647 g/mol. The minimum atomic E-state index is -0.232. The van der Waals surface area contributed by atoms with E-state index < -0.39 is 0 Å². The molecule has 2 saturated heterocycles. The molecule has 2 aliphatic heterocycles. The minimum Gasteiger partial charge on any atom is -0.320 e. The van der Waals surface area contributed by atoms with E-state index in [1.165, 1.54) is 0 Å². The van der Waals surface area contributed by atoms with Crippen LogP contribution in [0, 0.1) is 23.7 Å². The lowest BCUT2D eigenvalue weighted by atomic mass is 10.1. The molecule has 2 fully saturated rings. The number of anilines is 2. The van der Waals surface area contributed by atoms with Gasteiger partial charge in [-0.05, 0) is 82.0 Å². The van der Waals surface area contributed by atoms with Gasteiger partial charge >= 0.3 is 12.1 Å². The molecule has 0 atom stereocenters. The maximum Gasteiger partial charge on any atom is 0.326 e. The Hall–Kier alpha value is -5.45. The molecule has 0 aliphatic carbocycles. The molecule has 0 saturated carbocycles. The first-order chi connectivity index (χ1) is 22.3. The second kappa shape index (κ2) is 13.5. The number of likely N-dealkylation sites (N-methyl/N-ethyl adjacent to an activating group) is 2. The summed E-state index contributed by atoms with van der Waals surface area (Å²) in [5.74, 6) is 13.0. The van der Waals surface area contributed by atoms with Crippen LogP contribution in [-0.4, -0.2) is 80.3 Å². The summed E-state index contributed by atoms with van der Waals surface area (Å²) in [5, 5.41) is 8.88. The zero-order valence-corrected chi connectivity index (χ0v) is 27.9. The van der Waals surface area contributed by atoms with Gasteiger partial charge in [0.25, 0.3) is 0 Å². The number of rotatable bonds is 2. The van der Waals surface area contributed by atoms with Gasteiger partial charge in [-0.25, -0.2) is 19.6 Å². The molecule has 238 valence electrons. The third-order valence-electron chi connectivity index (χ3n) is 8.05. The molecule has 6 rings (SSSR count). The zero-order valence-electron chi connectivity index (χ0n) is 27.2. The van der Waals surface area contributed by atoms with Crippen LogP contribution in [0.25, 0.3) is 0 Å². The largest absolute Gasteiger partial charge is 0.326 e. The SMILES string of the molecule is CN1C(=O)N(c2ccc(C#Cc3cccc(Cl)c3)nn2)CC1(C)C.CN1C(=O)N(c2cnc(C#Cc3ccccc3)cn2)CC1(C)C. The summed E-state index contributed by atoms with van der Waals surface area (Å²) >= 11 is 5.93. The van der Waals surface area contributed by atoms with Gasteiger partial charge in [-0.1, -0.05) is 47.7 Å². The standard InChI is InChI=1S/C18H17ClN4O.C18H18N4O/c1-18(2)12-23(17(24)22(18)3)16-10-9-15(20-21-16)8-7-13-5-4-6-14(19)11-13;1-18(2)13-22(17(23)21(18)3)16-12-19-15(11-20-16)10-9-14-7-5-4-6-8-14/h4-6,9-11H,12H2,1-3H3;4-8,11-12H,13H2,1-3H3. The molecule has 4 aromatic rings. The number of benzene rings is 2. The summed E-state index contributed by atoms with van der Waals surface area (Å²) < 4.78 is 0. The molecule has 0 N–H and O–H groups in total. The molecule has 0 spiro atoms. The van der Waals surface area contributed by atoms with E-state index in [2.05, 4.69) is 43.8 Å². The van der Waals surface area contributed by atoms with Crippen LogP contribution in [0.3, 0.4) is 0 Å². The molecule has 0 bridgehead atoms. The summed E-state index contributed by atoms with van der Waals surface area (Å²) in [6, 6.07) is 20.4. The maximum absolute atomic E-state index is 12.3. The van der Waals surface area contributed by atoms with Crippen LogP contribution in [-0.2, 0) is 0 Å². The van der Waals surface area contributed by atoms with Crippen molar-refractivity contribution >= 4 is 35.3 Å². The van der Waals surface area contributed by atoms with Crippen LogP contribution in [0.2, 0.25) is 5.02 Å². The number of aromatic nitrogens is 4. The van der Waals surface area contributed by atoms with Crippen molar-refractivity contribution in [2.24, 2.45) is 0 Å². The molecule has 2 aromatic carbocycles. The summed E-state index contributed by atoms with van der Waals surface area (Å²) in [6.07, 6.45) is 3.20. The van der Waals surface area contributed by atoms with Crippen molar-refractivity contribution in [2.45, 2.75) is 38.8 Å². The summed E-state index contributed by atoms with van der Waals surface area (Å²) in [7, 11) is 3.59. The third kappa shape index (κ3) is 7.69. The Balaban J connectivity index is 0.000000185. The van der Waals surface area contributed by atoms with E-state index in [9.17, 15) is 9.59 Å². The topological polar surface area (TPSA) is 98.7 Å². The lowest BCUT2D eigenvalue weighted by molar-refractivity contribution is 0.197. The predicted octanol–water partition coefficient (Wildman–Crippen LogP) is 5.71. The number of carbonyl (C=O) groups excluding carboxylic acids is 2. The highest BCUT2D eigenvalue weighted by atomic mass is 35.5. The van der Waals surface area contributed by atoms with Crippen LogP contribution in [0.5, 0.6) is 0 Å². The highest BCUT2D eigenvalue weighted by Crippen LogP contribution is 2.28. The fourth-order valence-corrected chi connectivity index (χ4v) is 4.97. The number of hydrogen-bond acceptors (Lipinski definition) is 6. The molecule has 10 nitrogen and oxygen atoms in total. The lowest BCUT2D eigenvalue weighted by Gasteiger charge is -2.24. The van der Waals surface area contributed by atoms with Crippen molar-refractivity contribution in [1.29, 1.82) is 0 Å². The molecule has 0 unspecified atom stereocenters. The van der Waals surface area contributed by atoms with Gasteiger partial charge in [0.15, 0.2) is 11.6 Å². The van der Waals surface area contributed by atoms with Crippen LogP contribution in [0.4, 0.5) is 21.2 Å². The second-order valence-corrected chi connectivity index (χ2v) is 12.8. The monoisotopic (exact) mass is 646 g/mol. The number of hydrogen-bond donors (Lipinski definition) is 0. The Kier molecular flexibility index (Phi) is 9.46. The third-order valence-corrected chi connectivity index (χ3v) is 8.29. The zero-order chi connectivity index (χ0) is 33.8. The van der Waals surface area contributed by atoms with Gasteiger partial charge in [0.05, 0.1) is 36.6 Å². The molecule has 0 radical (unpaired) electrons. The quantitative estimate of drug-likeness (QED) is 0.259. The maximum atomic E-state index is 12.3. The summed E-state index contributed by atoms with van der Waals surface area (Å²) in [6.45, 7) is 9.25. The Bertz CT molecular complexity index is 1890. The minimum absolute atomic E-state index is 0.0626. The molecule has 2 aliphatic rings. The van der Waals surface area contributed by atoms with E-state index in [1.807, 2.05) is 70.2 Å². The fraction of sp³-hybridized carbons (Fsp3) is 0.278. The predicted molar refractivity (Wildman–Crippen MR) is 183 cm³/mol. The molecule has 4 heterocycles. The normalized spacial score (nSPS) is 16.1. The Labute approximate surface area is 280 Å². The Morgan fingerprint density at radius 3 is 1.77 bits per heavy atom. The van der Waals surface area contributed by atoms with Crippen molar-refractivity contribution in [1.82, 2.24) is 30.0 Å². The highest BCUT2D eigenvalue weighted by molar-refractivity contribution is 6.30. The molecule has 4 amide bonds. The van der Waals surface area contributed by atoms with Gasteiger partial charge in [0, 0.05) is 30.2 Å². The van der Waals surface area contributed by atoms with Crippen molar-refractivity contribution in [3.8, 4) is 23.7 Å². The van der Waals surface area contributed by atoms with Crippen LogP contribution < -0.4 is 9.80 Å². The highest BCUT2D eigenvalue weighted by Gasteiger charge is 2.42. The molecule has 2 aromatic heterocycles. The van der Waals surface area contributed by atoms with E-state index in [-0.39, 0.29) is 23.1 Å². The van der Waals surface area contributed by atoms with Crippen LogP contribution >= 0.6 is 11.6 Å². The number of carbonyl (C=O) groups is 2. The van der Waals surface area contributed by atoms with Gasteiger partial charge in [-0.2, -0.15) is 0 Å². The first kappa shape index (κ1) is 32.9. The van der Waals surface area contributed by atoms with Crippen molar-refractivity contribution in [2.75, 3.05) is 37.0 Å². The second-order valence-electron chi connectivity index (χ2n) is 12.4. The van der Waals surface area contributed by atoms with Gasteiger partial charge in [0.2, 0.25) is 0 Å². The lowest BCUT2D eigenvalue weighted by Crippen LogP contribution is -2.38. The van der Waals surface area contributed by atoms with Gasteiger partial charge in [-0.15, -0.1) is 10.2 Å². The number of halogens is 1. The summed E-state index contributed by atoms with van der Waals surface area (Å²) in [5.41, 5.74) is 2.41. The van der Waals surface area contributed by atoms with Crippen molar-refractivity contribution in [3.63, 3.8) is 0 Å². The number of amides is 4. The van der Waals surface area contributed by atoms with E-state index in [1.54, 1.807) is 70.4 Å². The van der Waals surface area contributed by atoms with E-state index in [0.29, 0.717) is 41.1 Å². The Morgan fingerprint density at radius 1 is 0.638 bits per heavy atom. The first-order valence-electron chi connectivity index (χ1n) is 15.0. The first-order valence-corrected chi connectivity index (χ1v) is 15.3.